The second-order valence-corrected chi connectivity index (χ2v) is 4.71. The molecule has 0 aliphatic carbocycles. The molecule has 1 aromatic rings. The van der Waals surface area contributed by atoms with Crippen molar-refractivity contribution in [2.24, 2.45) is 5.92 Å². The Balaban J connectivity index is 2.49. The van der Waals surface area contributed by atoms with E-state index in [1.165, 1.54) is 5.56 Å². The fourth-order valence-corrected chi connectivity index (χ4v) is 1.96. The third-order valence-corrected chi connectivity index (χ3v) is 2.94. The molecule has 0 aromatic heterocycles. The smallest absolute Gasteiger partial charge is 0.0409 e. The summed E-state index contributed by atoms with van der Waals surface area (Å²) in [6.07, 6.45) is 1.16. The molecule has 1 nitrogen and oxygen atoms in total. The quantitative estimate of drug-likeness (QED) is 0.803. The van der Waals surface area contributed by atoms with Gasteiger partial charge < -0.3 is 5.32 Å². The van der Waals surface area contributed by atoms with Crippen molar-refractivity contribution in [2.75, 3.05) is 0 Å². The third kappa shape index (κ3) is 4.23. The molecule has 0 amide bonds. The Bertz CT molecular complexity index is 296. The van der Waals surface area contributed by atoms with Gasteiger partial charge in [-0.2, -0.15) is 0 Å². The van der Waals surface area contributed by atoms with Gasteiger partial charge in [0, 0.05) is 17.6 Å². The second kappa shape index (κ2) is 6.14. The Hall–Kier alpha value is -0.530. The molecule has 1 aromatic carbocycles. The van der Waals surface area contributed by atoms with Crippen molar-refractivity contribution in [2.45, 2.75) is 39.8 Å². The molecule has 0 aliphatic heterocycles. The van der Waals surface area contributed by atoms with E-state index in [1.807, 2.05) is 18.2 Å². The van der Waals surface area contributed by atoms with Crippen molar-refractivity contribution in [1.29, 1.82) is 0 Å². The van der Waals surface area contributed by atoms with Gasteiger partial charge in [0.15, 0.2) is 0 Å². The summed E-state index contributed by atoms with van der Waals surface area (Å²) < 4.78 is 0. The Kier molecular flexibility index (Phi) is 5.13. The Labute approximate surface area is 97.8 Å². The number of halogens is 1. The van der Waals surface area contributed by atoms with E-state index >= 15 is 0 Å². The summed E-state index contributed by atoms with van der Waals surface area (Å²) in [7, 11) is 0. The van der Waals surface area contributed by atoms with E-state index in [4.69, 9.17) is 11.6 Å². The molecule has 84 valence electrons. The largest absolute Gasteiger partial charge is 0.310 e. The standard InChI is InChI=1S/C13H20ClN/c1-4-13(10(2)3)15-9-11-6-5-7-12(14)8-11/h5-8,10,13,15H,4,9H2,1-3H3. The van der Waals surface area contributed by atoms with E-state index in [2.05, 4.69) is 32.2 Å². The Morgan fingerprint density at radius 1 is 1.33 bits per heavy atom. The van der Waals surface area contributed by atoms with Crippen LogP contribution in [0.15, 0.2) is 24.3 Å². The molecule has 0 saturated carbocycles. The van der Waals surface area contributed by atoms with Crippen molar-refractivity contribution in [1.82, 2.24) is 5.32 Å². The fourth-order valence-electron chi connectivity index (χ4n) is 1.75. The van der Waals surface area contributed by atoms with Gasteiger partial charge in [0.2, 0.25) is 0 Å². The SMILES string of the molecule is CCC(NCc1cccc(Cl)c1)C(C)C. The summed E-state index contributed by atoms with van der Waals surface area (Å²) in [6, 6.07) is 8.61. The fraction of sp³-hybridized carbons (Fsp3) is 0.538. The van der Waals surface area contributed by atoms with Crippen LogP contribution in [0.25, 0.3) is 0 Å². The highest BCUT2D eigenvalue weighted by molar-refractivity contribution is 6.30. The Morgan fingerprint density at radius 2 is 2.07 bits per heavy atom. The van der Waals surface area contributed by atoms with E-state index < -0.39 is 0 Å². The van der Waals surface area contributed by atoms with Gasteiger partial charge in [-0.1, -0.05) is 44.5 Å². The first-order chi connectivity index (χ1) is 7.13. The molecule has 0 radical (unpaired) electrons. The molecule has 1 unspecified atom stereocenters. The first-order valence-electron chi connectivity index (χ1n) is 5.61. The van der Waals surface area contributed by atoms with Crippen LogP contribution in [-0.4, -0.2) is 6.04 Å². The number of nitrogens with one attached hydrogen (secondary N) is 1. The molecule has 0 aliphatic rings. The third-order valence-electron chi connectivity index (χ3n) is 2.70. The minimum absolute atomic E-state index is 0.587. The molecule has 0 heterocycles. The molecule has 0 bridgehead atoms. The lowest BCUT2D eigenvalue weighted by molar-refractivity contribution is 0.387. The van der Waals surface area contributed by atoms with Crippen molar-refractivity contribution in [3.63, 3.8) is 0 Å². The Morgan fingerprint density at radius 3 is 2.60 bits per heavy atom. The molecule has 2 heteroatoms. The molecular weight excluding hydrogens is 206 g/mol. The van der Waals surface area contributed by atoms with Gasteiger partial charge in [-0.15, -0.1) is 0 Å². The van der Waals surface area contributed by atoms with Crippen molar-refractivity contribution < 1.29 is 0 Å². The van der Waals surface area contributed by atoms with Crippen LogP contribution in [0.5, 0.6) is 0 Å². The average molecular weight is 226 g/mol. The highest BCUT2D eigenvalue weighted by Crippen LogP contribution is 2.12. The minimum atomic E-state index is 0.587. The predicted octanol–water partition coefficient (Wildman–Crippen LogP) is 3.86. The van der Waals surface area contributed by atoms with E-state index in [0.29, 0.717) is 12.0 Å². The van der Waals surface area contributed by atoms with Crippen molar-refractivity contribution in [3.8, 4) is 0 Å². The van der Waals surface area contributed by atoms with E-state index in [-0.39, 0.29) is 0 Å². The molecule has 0 saturated heterocycles. The van der Waals surface area contributed by atoms with Gasteiger partial charge in [0.1, 0.15) is 0 Å². The van der Waals surface area contributed by atoms with E-state index in [9.17, 15) is 0 Å². The van der Waals surface area contributed by atoms with Crippen LogP contribution >= 0.6 is 11.6 Å². The first-order valence-corrected chi connectivity index (χ1v) is 5.99. The predicted molar refractivity (Wildman–Crippen MR) is 67.2 cm³/mol. The lowest BCUT2D eigenvalue weighted by Crippen LogP contribution is -2.32. The maximum absolute atomic E-state index is 5.93. The topological polar surface area (TPSA) is 12.0 Å². The summed E-state index contributed by atoms with van der Waals surface area (Å²) in [5, 5.41) is 4.37. The zero-order valence-corrected chi connectivity index (χ0v) is 10.5. The van der Waals surface area contributed by atoms with Gasteiger partial charge in [-0.3, -0.25) is 0 Å². The summed E-state index contributed by atoms with van der Waals surface area (Å²) >= 11 is 5.93. The molecule has 1 N–H and O–H groups in total. The molecule has 0 fully saturated rings. The summed E-state index contributed by atoms with van der Waals surface area (Å²) in [4.78, 5) is 0. The van der Waals surface area contributed by atoms with E-state index in [1.54, 1.807) is 0 Å². The minimum Gasteiger partial charge on any atom is -0.310 e. The highest BCUT2D eigenvalue weighted by atomic mass is 35.5. The van der Waals surface area contributed by atoms with Crippen LogP contribution in [0.2, 0.25) is 5.02 Å². The number of benzene rings is 1. The van der Waals surface area contributed by atoms with Crippen molar-refractivity contribution in [3.05, 3.63) is 34.9 Å². The van der Waals surface area contributed by atoms with Crippen LogP contribution in [0.1, 0.15) is 32.8 Å². The van der Waals surface area contributed by atoms with Crippen LogP contribution in [0, 0.1) is 5.92 Å². The summed E-state index contributed by atoms with van der Waals surface area (Å²) in [5.74, 6) is 0.675. The van der Waals surface area contributed by atoms with Crippen LogP contribution < -0.4 is 5.32 Å². The zero-order valence-electron chi connectivity index (χ0n) is 9.76. The maximum atomic E-state index is 5.93. The van der Waals surface area contributed by atoms with Gasteiger partial charge in [0.05, 0.1) is 0 Å². The van der Waals surface area contributed by atoms with E-state index in [0.717, 1.165) is 18.0 Å². The molecule has 1 rings (SSSR count). The lowest BCUT2D eigenvalue weighted by atomic mass is 10.0. The van der Waals surface area contributed by atoms with Crippen LogP contribution in [0.4, 0.5) is 0 Å². The van der Waals surface area contributed by atoms with Gasteiger partial charge in [-0.05, 0) is 30.0 Å². The van der Waals surface area contributed by atoms with Gasteiger partial charge >= 0.3 is 0 Å². The molecule has 15 heavy (non-hydrogen) atoms. The van der Waals surface area contributed by atoms with Crippen LogP contribution in [0.3, 0.4) is 0 Å². The van der Waals surface area contributed by atoms with Crippen LogP contribution in [-0.2, 0) is 6.54 Å². The normalized spacial score (nSPS) is 13.1. The first kappa shape index (κ1) is 12.5. The molecular formula is C13H20ClN. The second-order valence-electron chi connectivity index (χ2n) is 4.27. The van der Waals surface area contributed by atoms with Crippen molar-refractivity contribution >= 4 is 11.6 Å². The highest BCUT2D eigenvalue weighted by Gasteiger charge is 2.09. The summed E-state index contributed by atoms with van der Waals surface area (Å²) in [5.41, 5.74) is 1.25. The summed E-state index contributed by atoms with van der Waals surface area (Å²) in [6.45, 7) is 7.62. The van der Waals surface area contributed by atoms with Gasteiger partial charge in [-0.25, -0.2) is 0 Å². The lowest BCUT2D eigenvalue weighted by Gasteiger charge is -2.20. The molecule has 0 spiro atoms. The number of rotatable bonds is 5. The number of hydrogen-bond acceptors (Lipinski definition) is 1. The molecule has 1 atom stereocenters. The van der Waals surface area contributed by atoms with Gasteiger partial charge in [0.25, 0.3) is 0 Å². The maximum Gasteiger partial charge on any atom is 0.0409 e. The number of hydrogen-bond donors (Lipinski definition) is 1. The average Bonchev–Trinajstić information content (AvgIpc) is 2.18. The monoisotopic (exact) mass is 225 g/mol. The zero-order chi connectivity index (χ0) is 11.3.